The van der Waals surface area contributed by atoms with Crippen molar-refractivity contribution in [2.75, 3.05) is 6.61 Å². The minimum Gasteiger partial charge on any atom is -0.394 e. The van der Waals surface area contributed by atoms with Crippen LogP contribution in [0.15, 0.2) is 30.3 Å². The van der Waals surface area contributed by atoms with Gasteiger partial charge >= 0.3 is 0 Å². The first-order valence-corrected chi connectivity index (χ1v) is 5.43. The van der Waals surface area contributed by atoms with Gasteiger partial charge < -0.3 is 16.2 Å². The molecule has 1 fully saturated rings. The van der Waals surface area contributed by atoms with Crippen molar-refractivity contribution in [3.8, 4) is 0 Å². The summed E-state index contributed by atoms with van der Waals surface area (Å²) in [6.07, 6.45) is 0.994. The molecule has 2 rings (SSSR count). The minimum absolute atomic E-state index is 0.243. The van der Waals surface area contributed by atoms with E-state index in [9.17, 15) is 4.79 Å². The van der Waals surface area contributed by atoms with Gasteiger partial charge in [0.2, 0.25) is 5.91 Å². The maximum absolute atomic E-state index is 10.9. The van der Waals surface area contributed by atoms with Gasteiger partial charge in [-0.2, -0.15) is 0 Å². The first-order valence-electron chi connectivity index (χ1n) is 5.43. The van der Waals surface area contributed by atoms with Crippen LogP contribution in [0.2, 0.25) is 0 Å². The van der Waals surface area contributed by atoms with Gasteiger partial charge in [-0.05, 0) is 12.0 Å². The van der Waals surface area contributed by atoms with Crippen LogP contribution in [0.3, 0.4) is 0 Å². The van der Waals surface area contributed by atoms with E-state index in [1.165, 1.54) is 5.56 Å². The molecule has 0 aliphatic heterocycles. The number of carbonyl (C=O) groups excluding carboxylic acids is 1. The molecule has 86 valence electrons. The molecular formula is C12H16N2O2. The quantitative estimate of drug-likeness (QED) is 0.652. The van der Waals surface area contributed by atoms with Crippen LogP contribution in [0.1, 0.15) is 17.9 Å². The Labute approximate surface area is 94.5 Å². The summed E-state index contributed by atoms with van der Waals surface area (Å²) in [5, 5.41) is 12.0. The molecule has 1 aliphatic rings. The number of nitrogens with one attached hydrogen (secondary N) is 1. The Bertz CT molecular complexity index is 367. The summed E-state index contributed by atoms with van der Waals surface area (Å²) in [6.45, 7) is -0.243. The van der Waals surface area contributed by atoms with Gasteiger partial charge in [-0.25, -0.2) is 0 Å². The van der Waals surface area contributed by atoms with Gasteiger partial charge in [0.15, 0.2) is 0 Å². The van der Waals surface area contributed by atoms with Gasteiger partial charge in [0.1, 0.15) is 6.04 Å². The van der Waals surface area contributed by atoms with Crippen LogP contribution >= 0.6 is 0 Å². The number of carbonyl (C=O) groups is 1. The molecule has 1 saturated carbocycles. The number of amides is 1. The average molecular weight is 220 g/mol. The number of benzene rings is 1. The molecule has 1 aromatic rings. The molecule has 0 aromatic heterocycles. The van der Waals surface area contributed by atoms with Crippen molar-refractivity contribution >= 4 is 5.91 Å². The monoisotopic (exact) mass is 220 g/mol. The maximum atomic E-state index is 10.9. The fourth-order valence-electron chi connectivity index (χ4n) is 1.93. The van der Waals surface area contributed by atoms with Crippen molar-refractivity contribution in [2.45, 2.75) is 24.4 Å². The first kappa shape index (κ1) is 11.1. The predicted octanol–water partition coefficient (Wildman–Crippen LogP) is -0.0217. The zero-order valence-corrected chi connectivity index (χ0v) is 8.97. The van der Waals surface area contributed by atoms with Crippen LogP contribution in [-0.2, 0) is 4.79 Å². The number of hydrogen-bond donors (Lipinski definition) is 3. The molecule has 0 radical (unpaired) electrons. The molecule has 4 N–H and O–H groups in total. The Morgan fingerprint density at radius 1 is 1.50 bits per heavy atom. The number of hydrogen-bond acceptors (Lipinski definition) is 3. The number of aliphatic hydroxyl groups excluding tert-OH is 1. The third kappa shape index (κ3) is 2.40. The van der Waals surface area contributed by atoms with E-state index in [1.807, 2.05) is 18.2 Å². The van der Waals surface area contributed by atoms with E-state index in [2.05, 4.69) is 17.4 Å². The van der Waals surface area contributed by atoms with Crippen molar-refractivity contribution < 1.29 is 9.90 Å². The molecule has 1 aliphatic carbocycles. The van der Waals surface area contributed by atoms with Crippen molar-refractivity contribution in [1.82, 2.24) is 5.32 Å². The van der Waals surface area contributed by atoms with Gasteiger partial charge in [-0.1, -0.05) is 30.3 Å². The Morgan fingerprint density at radius 3 is 2.75 bits per heavy atom. The molecule has 0 unspecified atom stereocenters. The van der Waals surface area contributed by atoms with Gasteiger partial charge in [0.05, 0.1) is 6.61 Å². The number of primary amides is 1. The molecule has 1 amide bonds. The molecule has 1 aromatic carbocycles. The van der Waals surface area contributed by atoms with Crippen molar-refractivity contribution in [1.29, 1.82) is 0 Å². The molecule has 16 heavy (non-hydrogen) atoms. The second-order valence-corrected chi connectivity index (χ2v) is 4.16. The standard InChI is InChI=1S/C12H16N2O2/c13-12(16)11(7-15)14-10-6-9(10)8-4-2-1-3-5-8/h1-5,9-11,14-15H,6-7H2,(H2,13,16)/t9-,10+,11-/m0/s1. The molecule has 3 atom stereocenters. The maximum Gasteiger partial charge on any atom is 0.236 e. The van der Waals surface area contributed by atoms with E-state index >= 15 is 0 Å². The smallest absolute Gasteiger partial charge is 0.236 e. The summed E-state index contributed by atoms with van der Waals surface area (Å²) < 4.78 is 0. The average Bonchev–Trinajstić information content (AvgIpc) is 3.06. The second kappa shape index (κ2) is 4.63. The van der Waals surface area contributed by atoms with E-state index in [0.29, 0.717) is 5.92 Å². The lowest BCUT2D eigenvalue weighted by molar-refractivity contribution is -0.120. The Kier molecular flexibility index (Phi) is 3.22. The van der Waals surface area contributed by atoms with Crippen LogP contribution in [-0.4, -0.2) is 29.7 Å². The van der Waals surface area contributed by atoms with Crippen LogP contribution in [0.5, 0.6) is 0 Å². The van der Waals surface area contributed by atoms with E-state index < -0.39 is 11.9 Å². The summed E-state index contributed by atoms with van der Waals surface area (Å²) in [5.41, 5.74) is 6.41. The predicted molar refractivity (Wildman–Crippen MR) is 60.8 cm³/mol. The summed E-state index contributed by atoms with van der Waals surface area (Å²) in [4.78, 5) is 10.9. The van der Waals surface area contributed by atoms with Crippen LogP contribution in [0.25, 0.3) is 0 Å². The summed E-state index contributed by atoms with van der Waals surface area (Å²) in [7, 11) is 0. The SMILES string of the molecule is NC(=O)[C@H](CO)N[C@@H]1C[C@H]1c1ccccc1. The van der Waals surface area contributed by atoms with Crippen molar-refractivity contribution in [2.24, 2.45) is 5.73 Å². The molecule has 0 saturated heterocycles. The lowest BCUT2D eigenvalue weighted by atomic mass is 10.1. The second-order valence-electron chi connectivity index (χ2n) is 4.16. The number of aliphatic hydroxyl groups is 1. The first-order chi connectivity index (χ1) is 7.72. The lowest BCUT2D eigenvalue weighted by Crippen LogP contribution is -2.45. The molecule has 4 heteroatoms. The zero-order chi connectivity index (χ0) is 11.5. The third-order valence-electron chi connectivity index (χ3n) is 2.96. The molecular weight excluding hydrogens is 204 g/mol. The highest BCUT2D eigenvalue weighted by molar-refractivity contribution is 5.80. The Morgan fingerprint density at radius 2 is 2.19 bits per heavy atom. The normalized spacial score (nSPS) is 25.1. The minimum atomic E-state index is -0.626. The van der Waals surface area contributed by atoms with Crippen LogP contribution in [0.4, 0.5) is 0 Å². The summed E-state index contributed by atoms with van der Waals surface area (Å²) >= 11 is 0. The zero-order valence-electron chi connectivity index (χ0n) is 8.97. The topological polar surface area (TPSA) is 75.4 Å². The van der Waals surface area contributed by atoms with Gasteiger partial charge in [-0.15, -0.1) is 0 Å². The Balaban J connectivity index is 1.90. The van der Waals surface area contributed by atoms with E-state index in [4.69, 9.17) is 10.8 Å². The van der Waals surface area contributed by atoms with Gasteiger partial charge in [0, 0.05) is 12.0 Å². The molecule has 0 heterocycles. The van der Waals surface area contributed by atoms with E-state index in [1.54, 1.807) is 0 Å². The highest BCUT2D eigenvalue weighted by Crippen LogP contribution is 2.40. The van der Waals surface area contributed by atoms with Crippen molar-refractivity contribution in [3.63, 3.8) is 0 Å². The van der Waals surface area contributed by atoms with Gasteiger partial charge in [0.25, 0.3) is 0 Å². The van der Waals surface area contributed by atoms with Gasteiger partial charge in [-0.3, -0.25) is 4.79 Å². The number of nitrogens with two attached hydrogens (primary N) is 1. The van der Waals surface area contributed by atoms with E-state index in [0.717, 1.165) is 6.42 Å². The van der Waals surface area contributed by atoms with E-state index in [-0.39, 0.29) is 12.6 Å². The Hall–Kier alpha value is -1.39. The van der Waals surface area contributed by atoms with Crippen LogP contribution < -0.4 is 11.1 Å². The summed E-state index contributed by atoms with van der Waals surface area (Å²) in [6, 6.07) is 9.76. The molecule has 4 nitrogen and oxygen atoms in total. The largest absolute Gasteiger partial charge is 0.394 e. The van der Waals surface area contributed by atoms with Crippen LogP contribution in [0, 0.1) is 0 Å². The van der Waals surface area contributed by atoms with Crippen molar-refractivity contribution in [3.05, 3.63) is 35.9 Å². The number of rotatable bonds is 5. The highest BCUT2D eigenvalue weighted by Gasteiger charge is 2.39. The fourth-order valence-corrected chi connectivity index (χ4v) is 1.93. The molecule has 0 spiro atoms. The third-order valence-corrected chi connectivity index (χ3v) is 2.96. The summed E-state index contributed by atoms with van der Waals surface area (Å²) in [5.74, 6) is -0.0594. The molecule has 0 bridgehead atoms. The highest BCUT2D eigenvalue weighted by atomic mass is 16.3. The fraction of sp³-hybridized carbons (Fsp3) is 0.417. The lowest BCUT2D eigenvalue weighted by Gasteiger charge is -2.12.